The van der Waals surface area contributed by atoms with E-state index in [9.17, 15) is 9.59 Å². The minimum atomic E-state index is -1.02. The molecule has 1 N–H and O–H groups in total. The number of nitrogens with zero attached hydrogens (tertiary/aromatic N) is 2. The fourth-order valence-corrected chi connectivity index (χ4v) is 1.72. The molecule has 7 heteroatoms. The van der Waals surface area contributed by atoms with Crippen LogP contribution < -0.4 is 0 Å². The molecule has 2 heterocycles. The Kier molecular flexibility index (Phi) is 2.84. The third-order valence-corrected chi connectivity index (χ3v) is 2.54. The zero-order valence-electron chi connectivity index (χ0n) is 9.25. The van der Waals surface area contributed by atoms with Gasteiger partial charge in [-0.3, -0.25) is 4.79 Å². The predicted molar refractivity (Wildman–Crippen MR) is 54.4 cm³/mol. The molecule has 0 unspecified atom stereocenters. The highest BCUT2D eigenvalue weighted by molar-refractivity contribution is 5.92. The Hall–Kier alpha value is -1.89. The maximum absolute atomic E-state index is 11.7. The van der Waals surface area contributed by atoms with Crippen molar-refractivity contribution in [1.82, 2.24) is 10.1 Å². The third-order valence-electron chi connectivity index (χ3n) is 2.54. The first-order chi connectivity index (χ1) is 8.00. The van der Waals surface area contributed by atoms with Crippen molar-refractivity contribution in [3.05, 3.63) is 18.0 Å². The lowest BCUT2D eigenvalue weighted by Crippen LogP contribution is -2.63. The lowest BCUT2D eigenvalue weighted by molar-refractivity contribution is -0.160. The highest BCUT2D eigenvalue weighted by Gasteiger charge is 2.43. The molecule has 92 valence electrons. The van der Waals surface area contributed by atoms with Crippen molar-refractivity contribution in [3.8, 4) is 0 Å². The molecule has 1 aliphatic rings. The first-order valence-corrected chi connectivity index (χ1v) is 5.06. The number of aromatic nitrogens is 1. The molecule has 1 aromatic heterocycles. The van der Waals surface area contributed by atoms with Gasteiger partial charge in [0.25, 0.3) is 5.91 Å². The second-order valence-corrected chi connectivity index (χ2v) is 4.18. The van der Waals surface area contributed by atoms with Crippen molar-refractivity contribution >= 4 is 11.9 Å². The van der Waals surface area contributed by atoms with Crippen molar-refractivity contribution in [1.29, 1.82) is 0 Å². The van der Waals surface area contributed by atoms with Crippen LogP contribution in [0.15, 0.2) is 16.9 Å². The summed E-state index contributed by atoms with van der Waals surface area (Å²) < 4.78 is 9.77. The smallest absolute Gasteiger partial charge is 0.329 e. The van der Waals surface area contributed by atoms with Crippen LogP contribution in [0.2, 0.25) is 0 Å². The van der Waals surface area contributed by atoms with Crippen LogP contribution in [-0.4, -0.2) is 52.3 Å². The Balaban J connectivity index is 1.86. The summed E-state index contributed by atoms with van der Waals surface area (Å²) in [6.45, 7) is 2.11. The molecule has 1 aromatic rings. The van der Waals surface area contributed by atoms with Gasteiger partial charge in [0.05, 0.1) is 13.1 Å². The fourth-order valence-electron chi connectivity index (χ4n) is 1.72. The lowest BCUT2D eigenvalue weighted by atomic mass is 9.96. The normalized spacial score (nSPS) is 17.6. The van der Waals surface area contributed by atoms with Gasteiger partial charge >= 0.3 is 5.97 Å². The van der Waals surface area contributed by atoms with Gasteiger partial charge in [-0.15, -0.1) is 0 Å². The average Bonchev–Trinajstić information content (AvgIpc) is 2.74. The molecule has 17 heavy (non-hydrogen) atoms. The standard InChI is InChI=1S/C10H12N2O5/c1-10(16-4-8(13)14)5-12(6-10)9(15)7-2-3-17-11-7/h2-3H,4-6H2,1H3,(H,13,14). The maximum Gasteiger partial charge on any atom is 0.329 e. The van der Waals surface area contributed by atoms with Crippen LogP contribution in [0, 0.1) is 0 Å². The SMILES string of the molecule is CC1(OCC(=O)O)CN(C(=O)c2ccon2)C1. The molecular formula is C10H12N2O5. The summed E-state index contributed by atoms with van der Waals surface area (Å²) in [7, 11) is 0. The molecule has 0 radical (unpaired) electrons. The van der Waals surface area contributed by atoms with E-state index in [0.717, 1.165) is 0 Å². The van der Waals surface area contributed by atoms with E-state index in [-0.39, 0.29) is 18.2 Å². The number of carbonyl (C=O) groups is 2. The van der Waals surface area contributed by atoms with Gasteiger partial charge in [0.2, 0.25) is 0 Å². The molecule has 1 fully saturated rings. The van der Waals surface area contributed by atoms with E-state index in [1.807, 2.05) is 0 Å². The minimum Gasteiger partial charge on any atom is -0.480 e. The van der Waals surface area contributed by atoms with Gasteiger partial charge in [-0.25, -0.2) is 4.79 Å². The second kappa shape index (κ2) is 4.17. The van der Waals surface area contributed by atoms with E-state index in [0.29, 0.717) is 13.1 Å². The zero-order valence-corrected chi connectivity index (χ0v) is 9.25. The highest BCUT2D eigenvalue weighted by atomic mass is 16.5. The number of carboxylic acid groups (broad SMARTS) is 1. The zero-order chi connectivity index (χ0) is 12.5. The molecule has 7 nitrogen and oxygen atoms in total. The molecule has 1 saturated heterocycles. The summed E-state index contributed by atoms with van der Waals surface area (Å²) >= 11 is 0. The molecule has 0 saturated carbocycles. The van der Waals surface area contributed by atoms with Crippen molar-refractivity contribution in [2.45, 2.75) is 12.5 Å². The summed E-state index contributed by atoms with van der Waals surface area (Å²) in [4.78, 5) is 23.6. The molecule has 0 spiro atoms. The second-order valence-electron chi connectivity index (χ2n) is 4.18. The highest BCUT2D eigenvalue weighted by Crippen LogP contribution is 2.25. The molecule has 1 aliphatic heterocycles. The summed E-state index contributed by atoms with van der Waals surface area (Å²) in [6, 6.07) is 1.48. The lowest BCUT2D eigenvalue weighted by Gasteiger charge is -2.46. The summed E-state index contributed by atoms with van der Waals surface area (Å²) in [6.07, 6.45) is 1.33. The van der Waals surface area contributed by atoms with Gasteiger partial charge in [0, 0.05) is 6.07 Å². The van der Waals surface area contributed by atoms with Gasteiger partial charge in [0.1, 0.15) is 18.5 Å². The molecule has 0 atom stereocenters. The molecule has 2 rings (SSSR count). The third kappa shape index (κ3) is 2.44. The summed E-state index contributed by atoms with van der Waals surface area (Å²) in [5, 5.41) is 12.0. The van der Waals surface area contributed by atoms with Crippen molar-refractivity contribution in [3.63, 3.8) is 0 Å². The molecule has 0 aliphatic carbocycles. The Morgan fingerprint density at radius 2 is 2.35 bits per heavy atom. The number of hydrogen-bond donors (Lipinski definition) is 1. The first kappa shape index (κ1) is 11.6. The molecule has 0 aromatic carbocycles. The maximum atomic E-state index is 11.7. The molecule has 0 bridgehead atoms. The monoisotopic (exact) mass is 240 g/mol. The average molecular weight is 240 g/mol. The van der Waals surface area contributed by atoms with Gasteiger partial charge in [0.15, 0.2) is 5.69 Å². The van der Waals surface area contributed by atoms with Crippen molar-refractivity contribution < 1.29 is 24.0 Å². The molecule has 1 amide bonds. The number of amides is 1. The van der Waals surface area contributed by atoms with Crippen LogP contribution in [-0.2, 0) is 9.53 Å². The number of hydrogen-bond acceptors (Lipinski definition) is 5. The Morgan fingerprint density at radius 1 is 1.65 bits per heavy atom. The van der Waals surface area contributed by atoms with E-state index in [2.05, 4.69) is 9.68 Å². The Labute approximate surface area is 96.9 Å². The van der Waals surface area contributed by atoms with Crippen LogP contribution in [0.25, 0.3) is 0 Å². The van der Waals surface area contributed by atoms with E-state index in [4.69, 9.17) is 9.84 Å². The number of ether oxygens (including phenoxy) is 1. The van der Waals surface area contributed by atoms with Crippen LogP contribution in [0.4, 0.5) is 0 Å². The van der Waals surface area contributed by atoms with Crippen LogP contribution in [0.1, 0.15) is 17.4 Å². The van der Waals surface area contributed by atoms with Gasteiger partial charge in [-0.2, -0.15) is 0 Å². The van der Waals surface area contributed by atoms with E-state index < -0.39 is 11.6 Å². The van der Waals surface area contributed by atoms with Gasteiger partial charge in [-0.05, 0) is 6.92 Å². The quantitative estimate of drug-likeness (QED) is 0.795. The van der Waals surface area contributed by atoms with E-state index >= 15 is 0 Å². The number of carboxylic acids is 1. The minimum absolute atomic E-state index is 0.241. The van der Waals surface area contributed by atoms with Crippen LogP contribution in [0.5, 0.6) is 0 Å². The Bertz CT molecular complexity index is 422. The number of aliphatic carboxylic acids is 1. The van der Waals surface area contributed by atoms with Gasteiger partial charge < -0.3 is 19.3 Å². The molecular weight excluding hydrogens is 228 g/mol. The van der Waals surface area contributed by atoms with Gasteiger partial charge in [-0.1, -0.05) is 5.16 Å². The topological polar surface area (TPSA) is 92.9 Å². The number of rotatable bonds is 4. The first-order valence-electron chi connectivity index (χ1n) is 5.06. The van der Waals surface area contributed by atoms with E-state index in [1.165, 1.54) is 17.2 Å². The van der Waals surface area contributed by atoms with Crippen molar-refractivity contribution in [2.75, 3.05) is 19.7 Å². The summed E-state index contributed by atoms with van der Waals surface area (Å²) in [5.74, 6) is -1.26. The Morgan fingerprint density at radius 3 is 2.88 bits per heavy atom. The largest absolute Gasteiger partial charge is 0.480 e. The summed E-state index contributed by atoms with van der Waals surface area (Å²) in [5.41, 5.74) is -0.345. The number of carbonyl (C=O) groups excluding carboxylic acids is 1. The fraction of sp³-hybridized carbons (Fsp3) is 0.500. The van der Waals surface area contributed by atoms with Crippen LogP contribution in [0.3, 0.4) is 0 Å². The van der Waals surface area contributed by atoms with Crippen LogP contribution >= 0.6 is 0 Å². The number of likely N-dealkylation sites (tertiary alicyclic amines) is 1. The predicted octanol–water partition coefficient (Wildman–Crippen LogP) is -0.00970. The van der Waals surface area contributed by atoms with Crippen molar-refractivity contribution in [2.24, 2.45) is 0 Å². The van der Waals surface area contributed by atoms with E-state index in [1.54, 1.807) is 6.92 Å².